The van der Waals surface area contributed by atoms with E-state index in [9.17, 15) is 19.4 Å². The number of quaternary nitrogens is 1. The number of rotatable bonds is 18. The normalized spacial score (nSPS) is 16.5. The lowest BCUT2D eigenvalue weighted by Crippen LogP contribution is -2.45. The summed E-state index contributed by atoms with van der Waals surface area (Å²) in [7, 11) is 1.53. The van der Waals surface area contributed by atoms with Crippen molar-refractivity contribution in [1.82, 2.24) is 5.32 Å². The molecule has 9 heteroatoms. The minimum Gasteiger partial charge on any atom is -0.387 e. The molecule has 0 aliphatic rings. The van der Waals surface area contributed by atoms with Crippen molar-refractivity contribution in [3.05, 3.63) is 24.3 Å². The predicted octanol–water partition coefficient (Wildman–Crippen LogP) is 3.55. The SMILES string of the molecule is CCC/C=C/CC/C=C/C(O)C(COP(=O)(O)OCC[N+](C)(C)C)NC(=O)CCCC. The molecule has 0 bridgehead atoms. The number of allylic oxidation sites excluding steroid dienone is 3. The zero-order valence-electron chi connectivity index (χ0n) is 20.0. The van der Waals surface area contributed by atoms with Crippen LogP contribution < -0.4 is 5.32 Å². The molecule has 3 atom stereocenters. The molecule has 0 saturated carbocycles. The fraction of sp³-hybridized carbons (Fsp3) is 0.773. The number of aliphatic hydroxyl groups excluding tert-OH is 1. The summed E-state index contributed by atoms with van der Waals surface area (Å²) < 4.78 is 22.8. The zero-order valence-corrected chi connectivity index (χ0v) is 20.9. The predicted molar refractivity (Wildman–Crippen MR) is 125 cm³/mol. The third kappa shape index (κ3) is 18.3. The number of unbranched alkanes of at least 4 members (excludes halogenated alkanes) is 3. The molecule has 182 valence electrons. The van der Waals surface area contributed by atoms with Gasteiger partial charge in [-0.2, -0.15) is 0 Å². The summed E-state index contributed by atoms with van der Waals surface area (Å²) in [4.78, 5) is 22.0. The Labute approximate surface area is 188 Å². The Bertz CT molecular complexity index is 589. The van der Waals surface area contributed by atoms with Crippen LogP contribution >= 0.6 is 7.82 Å². The highest BCUT2D eigenvalue weighted by Crippen LogP contribution is 2.43. The number of hydrogen-bond acceptors (Lipinski definition) is 5. The van der Waals surface area contributed by atoms with E-state index < -0.39 is 20.0 Å². The van der Waals surface area contributed by atoms with E-state index in [1.807, 2.05) is 34.1 Å². The molecule has 0 aromatic heterocycles. The first-order valence-corrected chi connectivity index (χ1v) is 12.7. The molecule has 1 amide bonds. The second kappa shape index (κ2) is 16.6. The van der Waals surface area contributed by atoms with E-state index >= 15 is 0 Å². The second-order valence-corrected chi connectivity index (χ2v) is 10.1. The van der Waals surface area contributed by atoms with Gasteiger partial charge in [0.05, 0.1) is 39.9 Å². The number of nitrogens with zero attached hydrogens (tertiary/aromatic N) is 1. The van der Waals surface area contributed by atoms with E-state index in [2.05, 4.69) is 24.4 Å². The molecule has 8 nitrogen and oxygen atoms in total. The van der Waals surface area contributed by atoms with Crippen LogP contribution in [0.3, 0.4) is 0 Å². The summed E-state index contributed by atoms with van der Waals surface area (Å²) in [5, 5.41) is 13.2. The molecular formula is C22H44N2O6P+. The van der Waals surface area contributed by atoms with Gasteiger partial charge >= 0.3 is 7.82 Å². The maximum atomic E-state index is 12.2. The standard InChI is InChI=1S/C22H43N2O6P/c1-6-8-10-11-12-13-14-15-21(25)20(23-22(26)16-9-7-2)19-30-31(27,28)29-18-17-24(3,4)5/h10-11,14-15,20-21,25H,6-9,12-13,16-19H2,1-5H3,(H-,23,26,27,28)/p+1/b11-10+,15-14+. The first-order chi connectivity index (χ1) is 14.5. The third-order valence-corrected chi connectivity index (χ3v) is 5.39. The zero-order chi connectivity index (χ0) is 23.8. The molecule has 0 saturated heterocycles. The topological polar surface area (TPSA) is 105 Å². The molecule has 0 spiro atoms. The maximum absolute atomic E-state index is 12.2. The van der Waals surface area contributed by atoms with Gasteiger partial charge in [-0.1, -0.05) is 51.0 Å². The maximum Gasteiger partial charge on any atom is 0.472 e. The fourth-order valence-corrected chi connectivity index (χ4v) is 3.18. The van der Waals surface area contributed by atoms with Gasteiger partial charge in [-0.3, -0.25) is 13.8 Å². The Morgan fingerprint density at radius 3 is 2.32 bits per heavy atom. The van der Waals surface area contributed by atoms with Crippen molar-refractivity contribution in [3.8, 4) is 0 Å². The molecule has 3 N–H and O–H groups in total. The number of amides is 1. The highest BCUT2D eigenvalue weighted by molar-refractivity contribution is 7.47. The number of aliphatic hydroxyl groups is 1. The third-order valence-electron chi connectivity index (χ3n) is 4.41. The van der Waals surface area contributed by atoms with Crippen LogP contribution in [0, 0.1) is 0 Å². The van der Waals surface area contributed by atoms with Crippen LogP contribution in [0.15, 0.2) is 24.3 Å². The van der Waals surface area contributed by atoms with Gasteiger partial charge in [-0.15, -0.1) is 0 Å². The Kier molecular flexibility index (Phi) is 16.0. The molecule has 0 aliphatic carbocycles. The van der Waals surface area contributed by atoms with Gasteiger partial charge in [-0.05, 0) is 25.7 Å². The molecule has 31 heavy (non-hydrogen) atoms. The number of carbonyl (C=O) groups is 1. The van der Waals surface area contributed by atoms with Crippen molar-refractivity contribution in [1.29, 1.82) is 0 Å². The van der Waals surface area contributed by atoms with Crippen molar-refractivity contribution < 1.29 is 32.9 Å². The number of nitrogens with one attached hydrogen (secondary N) is 1. The fourth-order valence-electron chi connectivity index (χ4n) is 2.45. The Morgan fingerprint density at radius 2 is 1.71 bits per heavy atom. The van der Waals surface area contributed by atoms with Gasteiger partial charge in [0, 0.05) is 6.42 Å². The number of phosphoric acid groups is 1. The van der Waals surface area contributed by atoms with Crippen molar-refractivity contribution in [3.63, 3.8) is 0 Å². The van der Waals surface area contributed by atoms with Gasteiger partial charge in [0.15, 0.2) is 0 Å². The molecule has 0 rings (SSSR count). The first-order valence-electron chi connectivity index (χ1n) is 11.2. The molecule has 0 heterocycles. The number of hydrogen-bond donors (Lipinski definition) is 3. The van der Waals surface area contributed by atoms with Crippen LogP contribution in [0.2, 0.25) is 0 Å². The average Bonchev–Trinajstić information content (AvgIpc) is 2.67. The van der Waals surface area contributed by atoms with Gasteiger partial charge in [0.1, 0.15) is 13.2 Å². The summed E-state index contributed by atoms with van der Waals surface area (Å²) in [5.74, 6) is -0.232. The Balaban J connectivity index is 4.80. The van der Waals surface area contributed by atoms with Crippen molar-refractivity contribution in [2.75, 3.05) is 40.9 Å². The van der Waals surface area contributed by atoms with Gasteiger partial charge < -0.3 is 19.8 Å². The van der Waals surface area contributed by atoms with E-state index in [0.717, 1.165) is 38.5 Å². The van der Waals surface area contributed by atoms with Crippen LogP contribution in [0.4, 0.5) is 0 Å². The monoisotopic (exact) mass is 463 g/mol. The van der Waals surface area contributed by atoms with Crippen molar-refractivity contribution in [2.45, 2.75) is 70.9 Å². The number of phosphoric ester groups is 1. The minimum absolute atomic E-state index is 0.0544. The lowest BCUT2D eigenvalue weighted by atomic mass is 10.1. The number of carbonyl (C=O) groups excluding carboxylic acids is 1. The molecule has 0 aromatic carbocycles. The van der Waals surface area contributed by atoms with Crippen molar-refractivity contribution >= 4 is 13.7 Å². The van der Waals surface area contributed by atoms with Crippen LogP contribution in [0.25, 0.3) is 0 Å². The summed E-state index contributed by atoms with van der Waals surface area (Å²) in [6.45, 7) is 4.35. The minimum atomic E-state index is -4.29. The Morgan fingerprint density at radius 1 is 1.06 bits per heavy atom. The van der Waals surface area contributed by atoms with E-state index in [-0.39, 0.29) is 19.1 Å². The Hall–Kier alpha value is -1.02. The average molecular weight is 464 g/mol. The van der Waals surface area contributed by atoms with Gasteiger partial charge in [0.2, 0.25) is 5.91 Å². The highest BCUT2D eigenvalue weighted by atomic mass is 31.2. The molecule has 0 aromatic rings. The summed E-state index contributed by atoms with van der Waals surface area (Å²) in [6, 6.07) is -0.848. The van der Waals surface area contributed by atoms with E-state index in [4.69, 9.17) is 9.05 Å². The van der Waals surface area contributed by atoms with E-state index in [0.29, 0.717) is 17.4 Å². The molecule has 3 unspecified atom stereocenters. The molecule has 0 aliphatic heterocycles. The second-order valence-electron chi connectivity index (χ2n) is 8.65. The van der Waals surface area contributed by atoms with E-state index in [1.165, 1.54) is 0 Å². The lowest BCUT2D eigenvalue weighted by Gasteiger charge is -2.25. The van der Waals surface area contributed by atoms with Crippen molar-refractivity contribution in [2.24, 2.45) is 0 Å². The molecule has 0 radical (unpaired) electrons. The summed E-state index contributed by atoms with van der Waals surface area (Å²) in [5.41, 5.74) is 0. The quantitative estimate of drug-likeness (QED) is 0.124. The van der Waals surface area contributed by atoms with Crippen LogP contribution in [0.1, 0.15) is 58.8 Å². The summed E-state index contributed by atoms with van der Waals surface area (Å²) in [6.07, 6.45) is 12.3. The lowest BCUT2D eigenvalue weighted by molar-refractivity contribution is -0.870. The van der Waals surface area contributed by atoms with Crippen LogP contribution in [-0.2, 0) is 18.4 Å². The first kappa shape index (κ1) is 30.0. The largest absolute Gasteiger partial charge is 0.472 e. The molecular weight excluding hydrogens is 419 g/mol. The van der Waals surface area contributed by atoms with Gasteiger partial charge in [0.25, 0.3) is 0 Å². The molecule has 0 fully saturated rings. The van der Waals surface area contributed by atoms with E-state index in [1.54, 1.807) is 6.08 Å². The van der Waals surface area contributed by atoms with Gasteiger partial charge in [-0.25, -0.2) is 4.57 Å². The van der Waals surface area contributed by atoms with Crippen LogP contribution in [0.5, 0.6) is 0 Å². The van der Waals surface area contributed by atoms with Crippen LogP contribution in [-0.4, -0.2) is 73.4 Å². The highest BCUT2D eigenvalue weighted by Gasteiger charge is 2.27. The summed E-state index contributed by atoms with van der Waals surface area (Å²) >= 11 is 0. The smallest absolute Gasteiger partial charge is 0.387 e. The number of likely N-dealkylation sites (N-methyl/N-ethyl adjacent to an activating group) is 1.